The minimum Gasteiger partial charge on any atom is -0.387 e. The van der Waals surface area contributed by atoms with Gasteiger partial charge in [0.05, 0.1) is 25.9 Å². The number of aliphatic hydroxyl groups is 3. The molecule has 6 heterocycles. The van der Waals surface area contributed by atoms with Crippen LogP contribution in [0.5, 0.6) is 0 Å². The quantitative estimate of drug-likeness (QED) is 0.0512. The van der Waals surface area contributed by atoms with Crippen molar-refractivity contribution in [1.29, 1.82) is 0 Å². The van der Waals surface area contributed by atoms with Crippen molar-refractivity contribution in [2.75, 3.05) is 44.3 Å². The third-order valence-electron chi connectivity index (χ3n) is 8.21. The van der Waals surface area contributed by atoms with E-state index >= 15 is 0 Å². The van der Waals surface area contributed by atoms with Gasteiger partial charge in [0, 0.05) is 14.2 Å². The van der Waals surface area contributed by atoms with Crippen LogP contribution in [0.4, 0.5) is 11.9 Å². The van der Waals surface area contributed by atoms with Crippen molar-refractivity contribution in [3.8, 4) is 0 Å². The van der Waals surface area contributed by atoms with Gasteiger partial charge < -0.3 is 60.2 Å². The fourth-order valence-electron chi connectivity index (χ4n) is 5.77. The zero-order valence-corrected chi connectivity index (χ0v) is 32.5. The standard InChI is InChI=1S/C23H34N10O20P4/c1-25-23-29-17-11(19(38)31-23)27-6-33(17)21-15(47-2)13(35)9(51-21)4-49-57(45,46)53-55(41,42)7-54(39,40)52-56(43,44)48-3-8-12(34)14(36)20(50-8)32-5-26-10-16(32)28-22(24)30-18(10)37/h5-6,8-9,12-15,20-21,34-36H,3-4,7H2,1-2H3,(H,39,40)(H,41,42)(H,43,44)(H,45,46)(H3,24,28,30,37)(H2,25,29,31,38)/t8-,9-,12-,13-,14-,15-,20-,21-/m1/s1. The Morgan fingerprint density at radius 2 is 1.28 bits per heavy atom. The number of rotatable bonds is 16. The Bertz CT molecular complexity index is 2460. The molecular weight excluding hydrogens is 860 g/mol. The van der Waals surface area contributed by atoms with Gasteiger partial charge >= 0.3 is 30.8 Å². The summed E-state index contributed by atoms with van der Waals surface area (Å²) in [6, 6.07) is 0. The zero-order chi connectivity index (χ0) is 41.8. The first-order valence-electron chi connectivity index (χ1n) is 15.8. The van der Waals surface area contributed by atoms with Gasteiger partial charge in [0.2, 0.25) is 11.9 Å². The number of aromatic nitrogens is 8. The van der Waals surface area contributed by atoms with Crippen LogP contribution in [0.15, 0.2) is 22.2 Å². The Balaban J connectivity index is 1.03. The molecule has 4 aromatic rings. The summed E-state index contributed by atoms with van der Waals surface area (Å²) in [7, 11) is -20.1. The molecule has 0 amide bonds. The van der Waals surface area contributed by atoms with E-state index in [1.807, 2.05) is 0 Å². The topological polar surface area (TPSA) is 440 Å². The summed E-state index contributed by atoms with van der Waals surface area (Å²) in [5.74, 6) is -2.34. The van der Waals surface area contributed by atoms with E-state index < -0.39 is 110 Å². The fraction of sp³-hybridized carbons (Fsp3) is 0.565. The minimum absolute atomic E-state index is 0.00469. The molecule has 12 atom stereocenters. The molecule has 0 aromatic carbocycles. The van der Waals surface area contributed by atoms with E-state index in [0.29, 0.717) is 0 Å². The van der Waals surface area contributed by atoms with Gasteiger partial charge in [-0.1, -0.05) is 0 Å². The van der Waals surface area contributed by atoms with Gasteiger partial charge in [-0.05, 0) is 0 Å². The van der Waals surface area contributed by atoms with Crippen LogP contribution in [0, 0.1) is 0 Å². The lowest BCUT2D eigenvalue weighted by Gasteiger charge is -2.22. The molecule has 316 valence electrons. The minimum atomic E-state index is -5.73. The highest BCUT2D eigenvalue weighted by molar-refractivity contribution is 7.76. The number of nitrogens with zero attached hydrogens (tertiary/aromatic N) is 6. The van der Waals surface area contributed by atoms with Crippen molar-refractivity contribution in [3.05, 3.63) is 33.4 Å². The SMILES string of the molecule is CNc1nc2c(ncn2[C@@H]2O[C@H](COP(=O)(O)OP(=O)(O)CP(=O)(O)OP(=O)(O)OC[C@H]3O[C@@H](n4cnc5c(=O)[nH]c(N)nc54)[C@H](O)[C@@H]3O)[C@@H](O)[C@H]2OC)c(=O)[nH]1. The molecule has 2 aliphatic rings. The number of hydrogen-bond acceptors (Lipinski definition) is 22. The molecule has 30 nitrogen and oxygen atoms in total. The van der Waals surface area contributed by atoms with E-state index in [9.17, 15) is 62.7 Å². The molecule has 4 aromatic heterocycles. The lowest BCUT2D eigenvalue weighted by molar-refractivity contribution is -0.0576. The summed E-state index contributed by atoms with van der Waals surface area (Å²) in [4.78, 5) is 85.5. The largest absolute Gasteiger partial charge is 0.479 e. The molecule has 0 radical (unpaired) electrons. The van der Waals surface area contributed by atoms with Crippen LogP contribution in [-0.4, -0.2) is 144 Å². The third-order valence-corrected chi connectivity index (χ3v) is 15.7. The Hall–Kier alpha value is -3.34. The summed E-state index contributed by atoms with van der Waals surface area (Å²) in [5, 5.41) is 34.4. The summed E-state index contributed by atoms with van der Waals surface area (Å²) in [6.45, 7) is -2.13. The van der Waals surface area contributed by atoms with Crippen LogP contribution in [0.1, 0.15) is 12.5 Å². The highest BCUT2D eigenvalue weighted by Crippen LogP contribution is 2.70. The number of nitrogen functional groups attached to an aromatic ring is 1. The van der Waals surface area contributed by atoms with Crippen LogP contribution in [0.25, 0.3) is 22.3 Å². The fourth-order valence-corrected chi connectivity index (χ4v) is 12.6. The number of anilines is 2. The maximum atomic E-state index is 12.7. The number of methoxy groups -OCH3 is 1. The van der Waals surface area contributed by atoms with Crippen molar-refractivity contribution >= 4 is 65.1 Å². The van der Waals surface area contributed by atoms with Crippen molar-refractivity contribution in [1.82, 2.24) is 39.0 Å². The molecule has 0 saturated carbocycles. The highest BCUT2D eigenvalue weighted by Gasteiger charge is 2.50. The number of aliphatic hydroxyl groups excluding tert-OH is 3. The number of ether oxygens (including phenoxy) is 3. The van der Waals surface area contributed by atoms with E-state index in [0.717, 1.165) is 17.2 Å². The highest BCUT2D eigenvalue weighted by atomic mass is 31.3. The van der Waals surface area contributed by atoms with Gasteiger partial charge in [-0.3, -0.25) is 46.9 Å². The van der Waals surface area contributed by atoms with Crippen LogP contribution < -0.4 is 22.2 Å². The summed E-state index contributed by atoms with van der Waals surface area (Å²) in [6.07, 6.45) is -10.2. The molecule has 0 aliphatic carbocycles. The number of nitrogens with one attached hydrogen (secondary N) is 3. The second-order valence-corrected chi connectivity index (χ2v) is 19.6. The van der Waals surface area contributed by atoms with Crippen LogP contribution >= 0.6 is 30.8 Å². The number of phosphoric acid groups is 2. The van der Waals surface area contributed by atoms with Gasteiger partial charge in [-0.25, -0.2) is 27.7 Å². The first kappa shape index (κ1) is 43.2. The number of fused-ring (bicyclic) bond motifs is 2. The maximum absolute atomic E-state index is 12.7. The number of aromatic amines is 2. The summed E-state index contributed by atoms with van der Waals surface area (Å²) >= 11 is 0. The Labute approximate surface area is 315 Å². The second-order valence-electron chi connectivity index (χ2n) is 12.2. The van der Waals surface area contributed by atoms with E-state index in [-0.39, 0.29) is 34.2 Å². The number of nitrogens with two attached hydrogens (primary N) is 1. The number of hydrogen-bond donors (Lipinski definition) is 11. The Morgan fingerprint density at radius 1 is 0.789 bits per heavy atom. The number of imidazole rings is 2. The molecule has 6 rings (SSSR count). The predicted octanol–water partition coefficient (Wildman–Crippen LogP) is -2.64. The molecular formula is C23H34N10O20P4. The molecule has 4 unspecified atom stereocenters. The second kappa shape index (κ2) is 16.0. The van der Waals surface area contributed by atoms with E-state index in [2.05, 4.69) is 48.4 Å². The lowest BCUT2D eigenvalue weighted by Crippen LogP contribution is -2.35. The van der Waals surface area contributed by atoms with Gasteiger partial charge in [0.1, 0.15) is 36.6 Å². The normalized spacial score (nSPS) is 29.6. The lowest BCUT2D eigenvalue weighted by atomic mass is 10.1. The maximum Gasteiger partial charge on any atom is 0.479 e. The molecule has 57 heavy (non-hydrogen) atoms. The van der Waals surface area contributed by atoms with Crippen LogP contribution in [-0.2, 0) is 50.1 Å². The smallest absolute Gasteiger partial charge is 0.387 e. The van der Waals surface area contributed by atoms with Crippen molar-refractivity contribution in [2.24, 2.45) is 0 Å². The average Bonchev–Trinajstić information content (AvgIpc) is 3.85. The van der Waals surface area contributed by atoms with Crippen molar-refractivity contribution in [2.45, 2.75) is 49.1 Å². The summed E-state index contributed by atoms with van der Waals surface area (Å²) in [5.41, 5.74) is 3.70. The number of phosphoric ester groups is 2. The van der Waals surface area contributed by atoms with Crippen molar-refractivity contribution < 1.29 is 85.0 Å². The first-order valence-corrected chi connectivity index (χ1v) is 22.3. The summed E-state index contributed by atoms with van der Waals surface area (Å²) < 4.78 is 86.9. The molecule has 2 fully saturated rings. The first-order chi connectivity index (χ1) is 26.5. The molecule has 12 N–H and O–H groups in total. The molecule has 34 heteroatoms. The Morgan fingerprint density at radius 3 is 1.82 bits per heavy atom. The van der Waals surface area contributed by atoms with Gasteiger partial charge in [-0.2, -0.15) is 9.97 Å². The van der Waals surface area contributed by atoms with Crippen molar-refractivity contribution in [3.63, 3.8) is 0 Å². The predicted molar refractivity (Wildman–Crippen MR) is 185 cm³/mol. The van der Waals surface area contributed by atoms with Gasteiger partial charge in [-0.15, -0.1) is 0 Å². The van der Waals surface area contributed by atoms with E-state index in [4.69, 9.17) is 24.5 Å². The number of H-pyrrole nitrogens is 2. The molecule has 2 aliphatic heterocycles. The Kier molecular flexibility index (Phi) is 12.2. The monoisotopic (exact) mass is 894 g/mol. The molecule has 0 spiro atoms. The van der Waals surface area contributed by atoms with E-state index in [1.54, 1.807) is 0 Å². The van der Waals surface area contributed by atoms with Crippen LogP contribution in [0.2, 0.25) is 0 Å². The van der Waals surface area contributed by atoms with Gasteiger partial charge in [0.15, 0.2) is 40.7 Å². The van der Waals surface area contributed by atoms with Gasteiger partial charge in [0.25, 0.3) is 11.1 Å². The van der Waals surface area contributed by atoms with E-state index in [1.165, 1.54) is 18.7 Å². The average molecular weight is 894 g/mol. The third kappa shape index (κ3) is 9.28. The zero-order valence-electron chi connectivity index (χ0n) is 28.9. The molecule has 0 bridgehead atoms. The van der Waals surface area contributed by atoms with Crippen LogP contribution in [0.3, 0.4) is 0 Å². The molecule has 2 saturated heterocycles.